The number of hydrogen-bond donors (Lipinski definition) is 1. The van der Waals surface area contributed by atoms with Gasteiger partial charge in [0.05, 0.1) is 16.5 Å². The van der Waals surface area contributed by atoms with Crippen LogP contribution in [0.25, 0.3) is 0 Å². The standard InChI is InChI=1S/C14H18BrNO3S/c1-19-14-7-6-12(10-13(14)15)20(17,18)16-9-8-11-4-2-3-5-11/h4,6-7,10,16H,2-3,5,8-9H2,1H3. The van der Waals surface area contributed by atoms with Crippen LogP contribution in [0.15, 0.2) is 39.2 Å². The first kappa shape index (κ1) is 15.5. The third kappa shape index (κ3) is 3.84. The van der Waals surface area contributed by atoms with Gasteiger partial charge in [0, 0.05) is 6.54 Å². The minimum atomic E-state index is -3.46. The van der Waals surface area contributed by atoms with Gasteiger partial charge in [0.25, 0.3) is 0 Å². The van der Waals surface area contributed by atoms with E-state index < -0.39 is 10.0 Å². The van der Waals surface area contributed by atoms with Crippen molar-refractivity contribution in [2.24, 2.45) is 0 Å². The summed E-state index contributed by atoms with van der Waals surface area (Å²) in [6, 6.07) is 4.73. The lowest BCUT2D eigenvalue weighted by Crippen LogP contribution is -2.25. The molecule has 110 valence electrons. The van der Waals surface area contributed by atoms with E-state index >= 15 is 0 Å². The zero-order valence-electron chi connectivity index (χ0n) is 11.4. The molecule has 0 heterocycles. The molecule has 1 aliphatic rings. The number of ether oxygens (including phenoxy) is 1. The number of methoxy groups -OCH3 is 1. The van der Waals surface area contributed by atoms with Crippen LogP contribution in [0.1, 0.15) is 25.7 Å². The summed E-state index contributed by atoms with van der Waals surface area (Å²) in [6.45, 7) is 0.442. The molecular weight excluding hydrogens is 342 g/mol. The van der Waals surface area contributed by atoms with Crippen molar-refractivity contribution < 1.29 is 13.2 Å². The van der Waals surface area contributed by atoms with E-state index in [2.05, 4.69) is 26.7 Å². The number of rotatable bonds is 6. The Morgan fingerprint density at radius 1 is 1.40 bits per heavy atom. The molecule has 0 radical (unpaired) electrons. The number of allylic oxidation sites excluding steroid dienone is 1. The van der Waals surface area contributed by atoms with Crippen molar-refractivity contribution in [2.45, 2.75) is 30.6 Å². The molecule has 20 heavy (non-hydrogen) atoms. The van der Waals surface area contributed by atoms with Crippen molar-refractivity contribution in [2.75, 3.05) is 13.7 Å². The van der Waals surface area contributed by atoms with Crippen LogP contribution >= 0.6 is 15.9 Å². The molecule has 0 saturated carbocycles. The topological polar surface area (TPSA) is 55.4 Å². The third-order valence-corrected chi connectivity index (χ3v) is 5.39. The van der Waals surface area contributed by atoms with Crippen LogP contribution < -0.4 is 9.46 Å². The van der Waals surface area contributed by atoms with Gasteiger partial charge in [-0.3, -0.25) is 0 Å². The summed E-state index contributed by atoms with van der Waals surface area (Å²) >= 11 is 3.30. The molecule has 2 rings (SSSR count). The van der Waals surface area contributed by atoms with Gasteiger partial charge in [-0.2, -0.15) is 0 Å². The summed E-state index contributed by atoms with van der Waals surface area (Å²) in [7, 11) is -1.92. The highest BCUT2D eigenvalue weighted by molar-refractivity contribution is 9.10. The summed E-state index contributed by atoms with van der Waals surface area (Å²) in [5.41, 5.74) is 1.35. The molecule has 0 aliphatic heterocycles. The largest absolute Gasteiger partial charge is 0.496 e. The Morgan fingerprint density at radius 3 is 2.80 bits per heavy atom. The van der Waals surface area contributed by atoms with E-state index in [1.165, 1.54) is 12.0 Å². The fraction of sp³-hybridized carbons (Fsp3) is 0.429. The van der Waals surface area contributed by atoms with E-state index in [1.54, 1.807) is 25.3 Å². The van der Waals surface area contributed by atoms with Crippen LogP contribution in [0, 0.1) is 0 Å². The molecule has 1 aromatic carbocycles. The van der Waals surface area contributed by atoms with E-state index in [-0.39, 0.29) is 4.90 Å². The molecule has 0 spiro atoms. The highest BCUT2D eigenvalue weighted by atomic mass is 79.9. The van der Waals surface area contributed by atoms with Crippen molar-refractivity contribution in [3.63, 3.8) is 0 Å². The van der Waals surface area contributed by atoms with Crippen LogP contribution in [-0.4, -0.2) is 22.1 Å². The summed E-state index contributed by atoms with van der Waals surface area (Å²) in [4.78, 5) is 0.241. The lowest BCUT2D eigenvalue weighted by Gasteiger charge is -2.09. The first-order valence-electron chi connectivity index (χ1n) is 6.54. The molecule has 6 heteroatoms. The van der Waals surface area contributed by atoms with Gasteiger partial charge in [-0.05, 0) is 59.8 Å². The maximum atomic E-state index is 12.2. The van der Waals surface area contributed by atoms with Gasteiger partial charge in [0.1, 0.15) is 5.75 Å². The SMILES string of the molecule is COc1ccc(S(=O)(=O)NCCC2=CCCC2)cc1Br. The molecule has 0 bridgehead atoms. The van der Waals surface area contributed by atoms with Crippen molar-refractivity contribution in [1.29, 1.82) is 0 Å². The monoisotopic (exact) mass is 359 g/mol. The van der Waals surface area contributed by atoms with Crippen molar-refractivity contribution >= 4 is 26.0 Å². The average molecular weight is 360 g/mol. The Bertz CT molecular complexity index is 611. The summed E-state index contributed by atoms with van der Waals surface area (Å²) in [5.74, 6) is 0.611. The maximum Gasteiger partial charge on any atom is 0.240 e. The predicted octanol–water partition coefficient (Wildman–Crippen LogP) is 3.24. The van der Waals surface area contributed by atoms with E-state index in [0.29, 0.717) is 16.8 Å². The highest BCUT2D eigenvalue weighted by Gasteiger charge is 2.15. The van der Waals surface area contributed by atoms with Crippen LogP contribution in [0.3, 0.4) is 0 Å². The minimum absolute atomic E-state index is 0.241. The molecule has 1 aromatic rings. The fourth-order valence-electron chi connectivity index (χ4n) is 2.21. The van der Waals surface area contributed by atoms with Crippen LogP contribution in [-0.2, 0) is 10.0 Å². The Morgan fingerprint density at radius 2 is 2.20 bits per heavy atom. The average Bonchev–Trinajstić information content (AvgIpc) is 2.91. The number of hydrogen-bond acceptors (Lipinski definition) is 3. The van der Waals surface area contributed by atoms with Crippen LogP contribution in [0.5, 0.6) is 5.75 Å². The zero-order chi connectivity index (χ0) is 14.6. The Balaban J connectivity index is 2.00. The third-order valence-electron chi connectivity index (χ3n) is 3.31. The van der Waals surface area contributed by atoms with Gasteiger partial charge in [0.15, 0.2) is 0 Å². The number of sulfonamides is 1. The van der Waals surface area contributed by atoms with Crippen LogP contribution in [0.4, 0.5) is 0 Å². The van der Waals surface area contributed by atoms with Gasteiger partial charge in [-0.1, -0.05) is 11.6 Å². The molecular formula is C14H18BrNO3S. The van der Waals surface area contributed by atoms with Gasteiger partial charge < -0.3 is 4.74 Å². The van der Waals surface area contributed by atoms with Gasteiger partial charge in [0.2, 0.25) is 10.0 Å². The number of halogens is 1. The molecule has 1 N–H and O–H groups in total. The summed E-state index contributed by atoms with van der Waals surface area (Å²) in [6.07, 6.45) is 6.39. The Labute approximate surface area is 128 Å². The molecule has 4 nitrogen and oxygen atoms in total. The van der Waals surface area contributed by atoms with E-state index in [9.17, 15) is 8.42 Å². The molecule has 0 saturated heterocycles. The molecule has 0 atom stereocenters. The highest BCUT2D eigenvalue weighted by Crippen LogP contribution is 2.27. The lowest BCUT2D eigenvalue weighted by atomic mass is 10.2. The fourth-order valence-corrected chi connectivity index (χ4v) is 3.96. The predicted molar refractivity (Wildman–Crippen MR) is 82.4 cm³/mol. The Kier molecular flexibility index (Phi) is 5.23. The molecule has 0 unspecified atom stereocenters. The Hall–Kier alpha value is -0.850. The molecule has 1 aliphatic carbocycles. The van der Waals surface area contributed by atoms with Crippen molar-refractivity contribution in [3.8, 4) is 5.75 Å². The zero-order valence-corrected chi connectivity index (χ0v) is 13.8. The first-order chi connectivity index (χ1) is 9.53. The van der Waals surface area contributed by atoms with Crippen LogP contribution in [0.2, 0.25) is 0 Å². The molecule has 0 aromatic heterocycles. The normalized spacial score (nSPS) is 15.2. The quantitative estimate of drug-likeness (QED) is 0.793. The lowest BCUT2D eigenvalue weighted by molar-refractivity contribution is 0.411. The van der Waals surface area contributed by atoms with Crippen molar-refractivity contribution in [1.82, 2.24) is 4.72 Å². The summed E-state index contributed by atoms with van der Waals surface area (Å²) in [5, 5.41) is 0. The second-order valence-electron chi connectivity index (χ2n) is 4.70. The van der Waals surface area contributed by atoms with E-state index in [1.807, 2.05) is 0 Å². The van der Waals surface area contributed by atoms with Crippen molar-refractivity contribution in [3.05, 3.63) is 34.3 Å². The van der Waals surface area contributed by atoms with Gasteiger partial charge in [-0.15, -0.1) is 0 Å². The molecule has 0 fully saturated rings. The van der Waals surface area contributed by atoms with Gasteiger partial charge in [-0.25, -0.2) is 13.1 Å². The van der Waals surface area contributed by atoms with E-state index in [4.69, 9.17) is 4.74 Å². The summed E-state index contributed by atoms with van der Waals surface area (Å²) < 4.78 is 32.7. The first-order valence-corrected chi connectivity index (χ1v) is 8.81. The van der Waals surface area contributed by atoms with Gasteiger partial charge >= 0.3 is 0 Å². The smallest absolute Gasteiger partial charge is 0.240 e. The minimum Gasteiger partial charge on any atom is -0.496 e. The maximum absolute atomic E-state index is 12.2. The number of nitrogens with one attached hydrogen (secondary N) is 1. The second kappa shape index (κ2) is 6.74. The van der Waals surface area contributed by atoms with E-state index in [0.717, 1.165) is 19.3 Å². The molecule has 0 amide bonds. The number of benzene rings is 1. The second-order valence-corrected chi connectivity index (χ2v) is 7.32.